The first-order valence-electron chi connectivity index (χ1n) is 6.02. The average Bonchev–Trinajstić information content (AvgIpc) is 2.33. The molecule has 2 aromatic rings. The maximum absolute atomic E-state index is 13.1. The Kier molecular flexibility index (Phi) is 4.15. The van der Waals surface area contributed by atoms with Crippen molar-refractivity contribution in [1.29, 1.82) is 0 Å². The first-order valence-corrected chi connectivity index (χ1v) is 6.81. The second-order valence-electron chi connectivity index (χ2n) is 4.65. The molecular formula is C16H14BrFO. The second kappa shape index (κ2) is 5.66. The van der Waals surface area contributed by atoms with Gasteiger partial charge in [0, 0.05) is 16.5 Å². The normalized spacial score (nSPS) is 10.5. The Labute approximate surface area is 120 Å². The zero-order valence-electron chi connectivity index (χ0n) is 10.8. The fraction of sp³-hybridized carbons (Fsp3) is 0.188. The molecule has 3 heteroatoms. The molecule has 0 N–H and O–H groups in total. The summed E-state index contributed by atoms with van der Waals surface area (Å²) in [7, 11) is 0. The number of Topliss-reactive ketones (excluding diaryl/α,β-unsaturated/α-hetero) is 1. The third-order valence-corrected chi connectivity index (χ3v) is 3.91. The van der Waals surface area contributed by atoms with Crippen LogP contribution >= 0.6 is 15.9 Å². The van der Waals surface area contributed by atoms with E-state index in [4.69, 9.17) is 0 Å². The lowest BCUT2D eigenvalue weighted by Crippen LogP contribution is -2.06. The molecule has 0 bridgehead atoms. The summed E-state index contributed by atoms with van der Waals surface area (Å²) >= 11 is 3.44. The van der Waals surface area contributed by atoms with E-state index in [-0.39, 0.29) is 18.0 Å². The Morgan fingerprint density at radius 3 is 2.58 bits per heavy atom. The highest BCUT2D eigenvalue weighted by Crippen LogP contribution is 2.22. The van der Waals surface area contributed by atoms with Gasteiger partial charge in [-0.15, -0.1) is 0 Å². The van der Waals surface area contributed by atoms with Gasteiger partial charge >= 0.3 is 0 Å². The third kappa shape index (κ3) is 3.29. The van der Waals surface area contributed by atoms with E-state index in [9.17, 15) is 9.18 Å². The molecule has 0 heterocycles. The maximum Gasteiger partial charge on any atom is 0.167 e. The smallest absolute Gasteiger partial charge is 0.167 e. The minimum absolute atomic E-state index is 0.0127. The predicted molar refractivity (Wildman–Crippen MR) is 78.1 cm³/mol. The highest BCUT2D eigenvalue weighted by Gasteiger charge is 2.12. The summed E-state index contributed by atoms with van der Waals surface area (Å²) in [5, 5.41) is 0. The van der Waals surface area contributed by atoms with Crippen molar-refractivity contribution in [3.05, 3.63) is 68.9 Å². The van der Waals surface area contributed by atoms with Crippen molar-refractivity contribution in [2.45, 2.75) is 20.3 Å². The van der Waals surface area contributed by atoms with Gasteiger partial charge in [-0.3, -0.25) is 4.79 Å². The fourth-order valence-corrected chi connectivity index (χ4v) is 2.47. The molecule has 0 aliphatic rings. The van der Waals surface area contributed by atoms with Crippen molar-refractivity contribution in [2.24, 2.45) is 0 Å². The summed E-state index contributed by atoms with van der Waals surface area (Å²) in [5.41, 5.74) is 3.35. The zero-order valence-corrected chi connectivity index (χ0v) is 12.4. The van der Waals surface area contributed by atoms with Crippen LogP contribution in [0.5, 0.6) is 0 Å². The number of aryl methyl sites for hydroxylation is 2. The van der Waals surface area contributed by atoms with Crippen LogP contribution in [0, 0.1) is 19.7 Å². The predicted octanol–water partition coefficient (Wildman–Crippen LogP) is 4.63. The van der Waals surface area contributed by atoms with Gasteiger partial charge in [-0.25, -0.2) is 4.39 Å². The van der Waals surface area contributed by atoms with Crippen LogP contribution in [0.4, 0.5) is 4.39 Å². The van der Waals surface area contributed by atoms with Gasteiger partial charge in [0.15, 0.2) is 5.78 Å². The minimum Gasteiger partial charge on any atom is -0.294 e. The molecule has 1 nitrogen and oxygen atoms in total. The molecule has 0 atom stereocenters. The number of hydrogen-bond donors (Lipinski definition) is 0. The molecular weight excluding hydrogens is 307 g/mol. The molecule has 0 aromatic heterocycles. The topological polar surface area (TPSA) is 17.1 Å². The molecule has 0 aliphatic heterocycles. The van der Waals surface area contributed by atoms with Crippen LogP contribution in [-0.4, -0.2) is 5.78 Å². The van der Waals surface area contributed by atoms with Crippen molar-refractivity contribution < 1.29 is 9.18 Å². The summed E-state index contributed by atoms with van der Waals surface area (Å²) in [6.45, 7) is 3.85. The molecule has 0 amide bonds. The van der Waals surface area contributed by atoms with Gasteiger partial charge < -0.3 is 0 Å². The van der Waals surface area contributed by atoms with E-state index in [2.05, 4.69) is 15.9 Å². The zero-order chi connectivity index (χ0) is 14.0. The third-order valence-electron chi connectivity index (χ3n) is 3.06. The lowest BCUT2D eigenvalue weighted by atomic mass is 9.97. The quantitative estimate of drug-likeness (QED) is 0.753. The molecule has 0 spiro atoms. The first-order chi connectivity index (χ1) is 8.97. The van der Waals surface area contributed by atoms with E-state index < -0.39 is 0 Å². The van der Waals surface area contributed by atoms with Crippen LogP contribution in [0.25, 0.3) is 0 Å². The van der Waals surface area contributed by atoms with E-state index in [1.807, 2.05) is 26.0 Å². The van der Waals surface area contributed by atoms with Gasteiger partial charge in [-0.05, 0) is 54.8 Å². The SMILES string of the molecule is Cc1cc(C(=O)Cc2cccc(F)c2)c(C)cc1Br. The minimum atomic E-state index is -0.311. The van der Waals surface area contributed by atoms with Crippen LogP contribution in [-0.2, 0) is 6.42 Å². The number of halogens is 2. The first kappa shape index (κ1) is 13.9. The molecule has 2 rings (SSSR count). The number of carbonyl (C=O) groups excluding carboxylic acids is 1. The molecule has 0 radical (unpaired) electrons. The van der Waals surface area contributed by atoms with Gasteiger partial charge in [0.1, 0.15) is 5.82 Å². The van der Waals surface area contributed by atoms with E-state index in [0.717, 1.165) is 15.6 Å². The lowest BCUT2D eigenvalue weighted by Gasteiger charge is -2.08. The van der Waals surface area contributed by atoms with Crippen LogP contribution < -0.4 is 0 Å². The number of ketones is 1. The lowest BCUT2D eigenvalue weighted by molar-refractivity contribution is 0.0992. The Bertz CT molecular complexity index is 635. The largest absolute Gasteiger partial charge is 0.294 e. The van der Waals surface area contributed by atoms with Crippen molar-refractivity contribution in [3.8, 4) is 0 Å². The van der Waals surface area contributed by atoms with E-state index >= 15 is 0 Å². The number of rotatable bonds is 3. The molecule has 0 unspecified atom stereocenters. The standard InChI is InChI=1S/C16H14BrFO/c1-10-7-15(17)11(2)6-14(10)16(19)9-12-4-3-5-13(18)8-12/h3-8H,9H2,1-2H3. The summed E-state index contributed by atoms with van der Waals surface area (Å²) < 4.78 is 14.1. The average molecular weight is 321 g/mol. The Morgan fingerprint density at radius 2 is 1.89 bits per heavy atom. The van der Waals surface area contributed by atoms with E-state index in [0.29, 0.717) is 11.1 Å². The van der Waals surface area contributed by atoms with E-state index in [1.165, 1.54) is 12.1 Å². The van der Waals surface area contributed by atoms with Gasteiger partial charge in [-0.1, -0.05) is 28.1 Å². The summed E-state index contributed by atoms with van der Waals surface area (Å²) in [6.07, 6.45) is 0.222. The molecule has 0 saturated carbocycles. The van der Waals surface area contributed by atoms with Crippen LogP contribution in [0.3, 0.4) is 0 Å². The molecule has 98 valence electrons. The van der Waals surface area contributed by atoms with Crippen LogP contribution in [0.1, 0.15) is 27.0 Å². The number of benzene rings is 2. The van der Waals surface area contributed by atoms with Crippen LogP contribution in [0.2, 0.25) is 0 Å². The molecule has 0 saturated heterocycles. The van der Waals surface area contributed by atoms with Crippen molar-refractivity contribution >= 4 is 21.7 Å². The van der Waals surface area contributed by atoms with Gasteiger partial charge in [0.05, 0.1) is 0 Å². The van der Waals surface area contributed by atoms with Crippen molar-refractivity contribution in [1.82, 2.24) is 0 Å². The maximum atomic E-state index is 13.1. The Hall–Kier alpha value is -1.48. The second-order valence-corrected chi connectivity index (χ2v) is 5.50. The highest BCUT2D eigenvalue weighted by molar-refractivity contribution is 9.10. The molecule has 0 aliphatic carbocycles. The van der Waals surface area contributed by atoms with Gasteiger partial charge in [-0.2, -0.15) is 0 Å². The summed E-state index contributed by atoms with van der Waals surface area (Å²) in [5.74, 6) is -0.298. The molecule has 2 aromatic carbocycles. The summed E-state index contributed by atoms with van der Waals surface area (Å²) in [6, 6.07) is 9.98. The van der Waals surface area contributed by atoms with Gasteiger partial charge in [0.2, 0.25) is 0 Å². The number of carbonyl (C=O) groups is 1. The molecule has 0 fully saturated rings. The van der Waals surface area contributed by atoms with E-state index in [1.54, 1.807) is 12.1 Å². The number of hydrogen-bond acceptors (Lipinski definition) is 1. The fourth-order valence-electron chi connectivity index (χ4n) is 2.01. The van der Waals surface area contributed by atoms with Crippen molar-refractivity contribution in [3.63, 3.8) is 0 Å². The summed E-state index contributed by atoms with van der Waals surface area (Å²) in [4.78, 5) is 12.3. The molecule has 19 heavy (non-hydrogen) atoms. The highest BCUT2D eigenvalue weighted by atomic mass is 79.9. The Balaban J connectivity index is 2.28. The van der Waals surface area contributed by atoms with Crippen LogP contribution in [0.15, 0.2) is 40.9 Å². The van der Waals surface area contributed by atoms with Crippen molar-refractivity contribution in [2.75, 3.05) is 0 Å². The van der Waals surface area contributed by atoms with Gasteiger partial charge in [0.25, 0.3) is 0 Å². The monoisotopic (exact) mass is 320 g/mol. The Morgan fingerprint density at radius 1 is 1.16 bits per heavy atom.